The highest BCUT2D eigenvalue weighted by molar-refractivity contribution is 6.30. The van der Waals surface area contributed by atoms with Crippen LogP contribution < -0.4 is 10.4 Å². The molecular formula is C18H15ClN2O2. The van der Waals surface area contributed by atoms with Gasteiger partial charge in [-0.15, -0.1) is 0 Å². The van der Waals surface area contributed by atoms with E-state index in [0.717, 1.165) is 27.7 Å². The molecule has 2 atom stereocenters. The van der Waals surface area contributed by atoms with Gasteiger partial charge in [0.2, 0.25) is 0 Å². The molecular weight excluding hydrogens is 312 g/mol. The molecule has 0 bridgehead atoms. The van der Waals surface area contributed by atoms with E-state index in [1.54, 1.807) is 0 Å². The van der Waals surface area contributed by atoms with E-state index in [1.165, 1.54) is 0 Å². The maximum Gasteiger partial charge on any atom is 0.153 e. The average Bonchev–Trinajstić information content (AvgIpc) is 2.92. The molecule has 3 aromatic rings. The van der Waals surface area contributed by atoms with E-state index in [1.807, 2.05) is 53.8 Å². The Bertz CT molecular complexity index is 903. The number of benzene rings is 2. The van der Waals surface area contributed by atoms with Crippen LogP contribution in [0, 0.1) is 0 Å². The van der Waals surface area contributed by atoms with Gasteiger partial charge in [0.25, 0.3) is 0 Å². The molecule has 0 unspecified atom stereocenters. The summed E-state index contributed by atoms with van der Waals surface area (Å²) in [5.74, 6) is -1.03. The summed E-state index contributed by atoms with van der Waals surface area (Å²) in [6.07, 6.45) is 0.457. The zero-order valence-electron chi connectivity index (χ0n) is 12.3. The van der Waals surface area contributed by atoms with E-state index in [4.69, 9.17) is 11.6 Å². The normalized spacial score (nSPS) is 20.4. The Labute approximate surface area is 138 Å². The van der Waals surface area contributed by atoms with Crippen LogP contribution in [0.4, 0.5) is 0 Å². The number of hydrogen-bond acceptors (Lipinski definition) is 2. The van der Waals surface area contributed by atoms with Crippen molar-refractivity contribution in [3.05, 3.63) is 70.4 Å². The van der Waals surface area contributed by atoms with Gasteiger partial charge in [-0.2, -0.15) is 0 Å². The van der Waals surface area contributed by atoms with E-state index in [2.05, 4.69) is 4.98 Å². The van der Waals surface area contributed by atoms with Crippen LogP contribution in [-0.2, 0) is 11.2 Å². The fraction of sp³-hybridized carbons (Fsp3) is 0.167. The van der Waals surface area contributed by atoms with Gasteiger partial charge < -0.3 is 20.2 Å². The molecule has 116 valence electrons. The first-order valence-electron chi connectivity index (χ1n) is 7.54. The van der Waals surface area contributed by atoms with Gasteiger partial charge in [0.05, 0.1) is 11.7 Å². The fourth-order valence-electron chi connectivity index (χ4n) is 3.46. The molecule has 2 aromatic carbocycles. The number of para-hydroxylation sites is 1. The van der Waals surface area contributed by atoms with Crippen LogP contribution in [0.25, 0.3) is 10.9 Å². The van der Waals surface area contributed by atoms with Gasteiger partial charge in [-0.05, 0) is 23.8 Å². The molecule has 0 fully saturated rings. The number of quaternary nitrogens is 1. The van der Waals surface area contributed by atoms with Gasteiger partial charge in [0, 0.05) is 27.9 Å². The number of aromatic nitrogens is 1. The third-order valence-corrected chi connectivity index (χ3v) is 4.75. The lowest BCUT2D eigenvalue weighted by molar-refractivity contribution is -0.717. The van der Waals surface area contributed by atoms with Gasteiger partial charge in [-0.25, -0.2) is 0 Å². The number of fused-ring (bicyclic) bond motifs is 3. The van der Waals surface area contributed by atoms with Crippen molar-refractivity contribution in [2.45, 2.75) is 18.5 Å². The standard InChI is InChI=1S/C18H15ClN2O2/c19-11-5-3-4-10(8-11)16-17-13(9-15(21-16)18(22)23)12-6-1-2-7-14(12)20-17/h1-8,15-16,20-21H,9H2,(H,22,23)/t15-,16-/m0/s1. The second-order valence-corrected chi connectivity index (χ2v) is 6.35. The predicted octanol–water partition coefficient (Wildman–Crippen LogP) is 1.15. The monoisotopic (exact) mass is 326 g/mol. The Hall–Kier alpha value is -2.30. The Morgan fingerprint density at radius 2 is 2.04 bits per heavy atom. The second kappa shape index (κ2) is 5.41. The quantitative estimate of drug-likeness (QED) is 0.741. The molecule has 4 rings (SSSR count). The van der Waals surface area contributed by atoms with Gasteiger partial charge in [-0.3, -0.25) is 0 Å². The van der Waals surface area contributed by atoms with Crippen molar-refractivity contribution in [2.24, 2.45) is 0 Å². The number of nitrogens with one attached hydrogen (secondary N) is 1. The van der Waals surface area contributed by atoms with Crippen LogP contribution in [0.1, 0.15) is 22.9 Å². The molecule has 23 heavy (non-hydrogen) atoms. The van der Waals surface area contributed by atoms with Crippen molar-refractivity contribution in [3.63, 3.8) is 0 Å². The summed E-state index contributed by atoms with van der Waals surface area (Å²) in [6, 6.07) is 14.8. The van der Waals surface area contributed by atoms with Crippen LogP contribution >= 0.6 is 11.6 Å². The molecule has 2 heterocycles. The Balaban J connectivity index is 1.91. The molecule has 0 saturated carbocycles. The molecule has 3 N–H and O–H groups in total. The lowest BCUT2D eigenvalue weighted by atomic mass is 9.90. The van der Waals surface area contributed by atoms with Crippen molar-refractivity contribution < 1.29 is 15.2 Å². The van der Waals surface area contributed by atoms with Gasteiger partial charge in [-0.1, -0.05) is 41.9 Å². The summed E-state index contributed by atoms with van der Waals surface area (Å²) in [7, 11) is 0. The summed E-state index contributed by atoms with van der Waals surface area (Å²) < 4.78 is 0. The summed E-state index contributed by atoms with van der Waals surface area (Å²) in [5.41, 5.74) is 4.11. The van der Waals surface area contributed by atoms with E-state index in [-0.39, 0.29) is 6.04 Å². The molecule has 5 heteroatoms. The zero-order valence-corrected chi connectivity index (χ0v) is 13.0. The molecule has 0 spiro atoms. The van der Waals surface area contributed by atoms with Crippen LogP contribution in [0.15, 0.2) is 48.5 Å². The first kappa shape index (κ1) is 14.3. The molecule has 0 radical (unpaired) electrons. The number of carbonyl (C=O) groups excluding carboxylic acids is 1. The Morgan fingerprint density at radius 1 is 1.22 bits per heavy atom. The minimum Gasteiger partial charge on any atom is -0.544 e. The fourth-order valence-corrected chi connectivity index (χ4v) is 3.66. The van der Waals surface area contributed by atoms with E-state index < -0.39 is 12.0 Å². The summed E-state index contributed by atoms with van der Waals surface area (Å²) in [4.78, 5) is 14.9. The maximum atomic E-state index is 11.5. The first-order chi connectivity index (χ1) is 11.1. The van der Waals surface area contributed by atoms with Gasteiger partial charge in [0.1, 0.15) is 6.04 Å². The number of hydrogen-bond donors (Lipinski definition) is 2. The third-order valence-electron chi connectivity index (χ3n) is 4.52. The number of aromatic amines is 1. The minimum absolute atomic E-state index is 0.132. The van der Waals surface area contributed by atoms with Gasteiger partial charge >= 0.3 is 0 Å². The first-order valence-corrected chi connectivity index (χ1v) is 7.92. The second-order valence-electron chi connectivity index (χ2n) is 5.92. The molecule has 0 aliphatic carbocycles. The zero-order chi connectivity index (χ0) is 16.0. The number of carbonyl (C=O) groups is 1. The largest absolute Gasteiger partial charge is 0.544 e. The smallest absolute Gasteiger partial charge is 0.153 e. The maximum absolute atomic E-state index is 11.5. The number of halogens is 1. The van der Waals surface area contributed by atoms with E-state index in [0.29, 0.717) is 11.4 Å². The van der Waals surface area contributed by atoms with Crippen molar-refractivity contribution >= 4 is 28.5 Å². The Kier molecular flexibility index (Phi) is 3.36. The van der Waals surface area contributed by atoms with E-state index >= 15 is 0 Å². The number of carboxylic acid groups (broad SMARTS) is 1. The van der Waals surface area contributed by atoms with Crippen molar-refractivity contribution in [3.8, 4) is 0 Å². The van der Waals surface area contributed by atoms with Crippen LogP contribution in [0.5, 0.6) is 0 Å². The van der Waals surface area contributed by atoms with Crippen LogP contribution in [0.3, 0.4) is 0 Å². The molecule has 0 saturated heterocycles. The summed E-state index contributed by atoms with van der Waals surface area (Å²) in [6.45, 7) is 0. The van der Waals surface area contributed by atoms with Crippen molar-refractivity contribution in [2.75, 3.05) is 0 Å². The Morgan fingerprint density at radius 3 is 2.83 bits per heavy atom. The molecule has 1 aliphatic heterocycles. The molecule has 1 aromatic heterocycles. The lowest BCUT2D eigenvalue weighted by Gasteiger charge is -2.29. The molecule has 4 nitrogen and oxygen atoms in total. The highest BCUT2D eigenvalue weighted by atomic mass is 35.5. The summed E-state index contributed by atoms with van der Waals surface area (Å²) in [5, 5.41) is 15.1. The molecule has 0 amide bonds. The number of carboxylic acids is 1. The third kappa shape index (κ3) is 2.40. The summed E-state index contributed by atoms with van der Waals surface area (Å²) >= 11 is 6.12. The molecule has 1 aliphatic rings. The van der Waals surface area contributed by atoms with E-state index in [9.17, 15) is 9.90 Å². The van der Waals surface area contributed by atoms with Crippen molar-refractivity contribution in [1.29, 1.82) is 0 Å². The lowest BCUT2D eigenvalue weighted by Crippen LogP contribution is -2.95. The van der Waals surface area contributed by atoms with Gasteiger partial charge in [0.15, 0.2) is 6.04 Å². The highest BCUT2D eigenvalue weighted by Gasteiger charge is 2.34. The van der Waals surface area contributed by atoms with Crippen LogP contribution in [0.2, 0.25) is 5.02 Å². The topological polar surface area (TPSA) is 72.5 Å². The number of H-pyrrole nitrogens is 1. The van der Waals surface area contributed by atoms with Crippen molar-refractivity contribution in [1.82, 2.24) is 4.98 Å². The SMILES string of the molecule is O=C([O-])[C@@H]1Cc2c([nH]c3ccccc23)[C@H](c2cccc(Cl)c2)[NH2+]1. The average molecular weight is 327 g/mol. The highest BCUT2D eigenvalue weighted by Crippen LogP contribution is 2.32. The predicted molar refractivity (Wildman–Crippen MR) is 86.0 cm³/mol. The van der Waals surface area contributed by atoms with Crippen LogP contribution in [-0.4, -0.2) is 17.0 Å². The minimum atomic E-state index is -1.03. The number of nitrogens with two attached hydrogens (primary N) is 1. The number of rotatable bonds is 2. The number of aliphatic carboxylic acids is 1.